The number of hydrogen-bond donors (Lipinski definition) is 1. The predicted octanol–water partition coefficient (Wildman–Crippen LogP) is 3.28. The molecule has 0 saturated carbocycles. The maximum Gasteiger partial charge on any atom is 0.124 e. The van der Waals surface area contributed by atoms with Crippen LogP contribution in [0, 0.1) is 6.92 Å². The van der Waals surface area contributed by atoms with Crippen LogP contribution in [0.1, 0.15) is 29.1 Å². The summed E-state index contributed by atoms with van der Waals surface area (Å²) in [5, 5.41) is 1.01. The van der Waals surface area contributed by atoms with E-state index >= 15 is 0 Å². The Bertz CT molecular complexity index is 534. The fraction of sp³-hybridized carbons (Fsp3) is 0.357. The summed E-state index contributed by atoms with van der Waals surface area (Å²) < 4.78 is 5.18. The van der Waals surface area contributed by atoms with Gasteiger partial charge in [-0.25, -0.2) is 4.98 Å². The molecule has 18 heavy (non-hydrogen) atoms. The summed E-state index contributed by atoms with van der Waals surface area (Å²) in [4.78, 5) is 5.75. The first-order valence-electron chi connectivity index (χ1n) is 5.93. The molecule has 0 fully saturated rings. The molecular weight excluding hydrogens is 244 g/mol. The van der Waals surface area contributed by atoms with Gasteiger partial charge in [0.15, 0.2) is 0 Å². The Labute approximate surface area is 112 Å². The molecule has 0 amide bonds. The van der Waals surface area contributed by atoms with Gasteiger partial charge < -0.3 is 10.5 Å². The second kappa shape index (κ2) is 5.61. The Balaban J connectivity index is 2.43. The number of thiazole rings is 1. The van der Waals surface area contributed by atoms with Crippen molar-refractivity contribution in [3.8, 4) is 10.6 Å². The molecule has 0 bridgehead atoms. The molecule has 1 unspecified atom stereocenters. The molecular formula is C14H18N2OS. The number of rotatable bonds is 4. The highest BCUT2D eigenvalue weighted by Gasteiger charge is 2.15. The Hall–Kier alpha value is -1.23. The van der Waals surface area contributed by atoms with E-state index in [-0.39, 0.29) is 6.04 Å². The van der Waals surface area contributed by atoms with Crippen LogP contribution >= 0.6 is 11.3 Å². The fourth-order valence-corrected chi connectivity index (χ4v) is 2.88. The van der Waals surface area contributed by atoms with Crippen LogP contribution in [-0.2, 0) is 11.3 Å². The summed E-state index contributed by atoms with van der Waals surface area (Å²) in [6, 6.07) is 8.34. The van der Waals surface area contributed by atoms with Gasteiger partial charge >= 0.3 is 0 Å². The topological polar surface area (TPSA) is 48.1 Å². The highest BCUT2D eigenvalue weighted by Crippen LogP contribution is 2.31. The van der Waals surface area contributed by atoms with Gasteiger partial charge in [0.05, 0.1) is 12.3 Å². The van der Waals surface area contributed by atoms with Crippen LogP contribution in [0.2, 0.25) is 0 Å². The number of nitrogens with zero attached hydrogens (tertiary/aromatic N) is 1. The van der Waals surface area contributed by atoms with E-state index in [0.29, 0.717) is 6.61 Å². The number of aromatic nitrogens is 1. The van der Waals surface area contributed by atoms with E-state index in [1.54, 1.807) is 18.4 Å². The van der Waals surface area contributed by atoms with Crippen LogP contribution in [0.15, 0.2) is 24.3 Å². The van der Waals surface area contributed by atoms with Crippen molar-refractivity contribution in [3.05, 3.63) is 40.4 Å². The SMILES string of the molecule is COCc1nc(-c2cccc(C)c2)sc1C(C)N. The summed E-state index contributed by atoms with van der Waals surface area (Å²) in [7, 11) is 1.68. The highest BCUT2D eigenvalue weighted by molar-refractivity contribution is 7.15. The van der Waals surface area contributed by atoms with Crippen molar-refractivity contribution in [1.29, 1.82) is 0 Å². The normalized spacial score (nSPS) is 12.7. The minimum absolute atomic E-state index is 0.00814. The maximum absolute atomic E-state index is 5.98. The van der Waals surface area contributed by atoms with E-state index in [9.17, 15) is 0 Å². The van der Waals surface area contributed by atoms with Gasteiger partial charge in [0.25, 0.3) is 0 Å². The number of aryl methyl sites for hydroxylation is 1. The van der Waals surface area contributed by atoms with E-state index in [4.69, 9.17) is 10.5 Å². The first-order valence-corrected chi connectivity index (χ1v) is 6.74. The zero-order chi connectivity index (χ0) is 13.1. The van der Waals surface area contributed by atoms with Crippen LogP contribution in [0.4, 0.5) is 0 Å². The van der Waals surface area contributed by atoms with Gasteiger partial charge in [0.1, 0.15) is 5.01 Å². The average Bonchev–Trinajstić information content (AvgIpc) is 2.74. The summed E-state index contributed by atoms with van der Waals surface area (Å²) in [5.74, 6) is 0. The van der Waals surface area contributed by atoms with Crippen molar-refractivity contribution in [3.63, 3.8) is 0 Å². The standard InChI is InChI=1S/C14H18N2OS/c1-9-5-4-6-11(7-9)14-16-12(8-17-3)13(18-14)10(2)15/h4-7,10H,8,15H2,1-3H3. The van der Waals surface area contributed by atoms with Crippen LogP contribution in [0.5, 0.6) is 0 Å². The Morgan fingerprint density at radius 3 is 2.83 bits per heavy atom. The van der Waals surface area contributed by atoms with Gasteiger partial charge in [-0.05, 0) is 19.9 Å². The van der Waals surface area contributed by atoms with Crippen molar-refractivity contribution < 1.29 is 4.74 Å². The number of hydrogen-bond acceptors (Lipinski definition) is 4. The number of ether oxygens (including phenoxy) is 1. The van der Waals surface area contributed by atoms with Crippen LogP contribution in [0.3, 0.4) is 0 Å². The Kier molecular flexibility index (Phi) is 4.11. The lowest BCUT2D eigenvalue weighted by Crippen LogP contribution is -2.06. The minimum Gasteiger partial charge on any atom is -0.378 e. The van der Waals surface area contributed by atoms with Gasteiger partial charge in [-0.2, -0.15) is 0 Å². The monoisotopic (exact) mass is 262 g/mol. The van der Waals surface area contributed by atoms with Crippen molar-refractivity contribution in [1.82, 2.24) is 4.98 Å². The molecule has 0 saturated heterocycles. The lowest BCUT2D eigenvalue weighted by Gasteiger charge is -2.03. The Morgan fingerprint density at radius 1 is 1.44 bits per heavy atom. The molecule has 1 aromatic carbocycles. The van der Waals surface area contributed by atoms with E-state index in [1.165, 1.54) is 5.56 Å². The molecule has 1 atom stereocenters. The number of methoxy groups -OCH3 is 1. The summed E-state index contributed by atoms with van der Waals surface area (Å²) in [6.07, 6.45) is 0. The predicted molar refractivity (Wildman–Crippen MR) is 75.6 cm³/mol. The third-order valence-corrected chi connectivity index (χ3v) is 4.03. The van der Waals surface area contributed by atoms with Crippen LogP contribution < -0.4 is 5.73 Å². The van der Waals surface area contributed by atoms with Gasteiger partial charge in [-0.1, -0.05) is 23.8 Å². The molecule has 96 valence electrons. The van der Waals surface area contributed by atoms with Crippen molar-refractivity contribution in [2.24, 2.45) is 5.73 Å². The zero-order valence-corrected chi connectivity index (χ0v) is 11.8. The van der Waals surface area contributed by atoms with Gasteiger partial charge in [-0.15, -0.1) is 11.3 Å². The molecule has 2 aromatic rings. The minimum atomic E-state index is -0.00814. The molecule has 1 aromatic heterocycles. The van der Waals surface area contributed by atoms with Crippen molar-refractivity contribution in [2.75, 3.05) is 7.11 Å². The molecule has 2 rings (SSSR count). The van der Waals surface area contributed by atoms with Crippen LogP contribution in [-0.4, -0.2) is 12.1 Å². The second-order valence-corrected chi connectivity index (χ2v) is 5.45. The quantitative estimate of drug-likeness (QED) is 0.919. The molecule has 0 aliphatic carbocycles. The van der Waals surface area contributed by atoms with Gasteiger partial charge in [0, 0.05) is 23.6 Å². The van der Waals surface area contributed by atoms with Gasteiger partial charge in [-0.3, -0.25) is 0 Å². The largest absolute Gasteiger partial charge is 0.378 e. The first-order chi connectivity index (χ1) is 8.61. The summed E-state index contributed by atoms with van der Waals surface area (Å²) in [6.45, 7) is 4.57. The third kappa shape index (κ3) is 2.77. The fourth-order valence-electron chi connectivity index (χ4n) is 1.86. The third-order valence-electron chi connectivity index (χ3n) is 2.69. The smallest absolute Gasteiger partial charge is 0.124 e. The van der Waals surface area contributed by atoms with E-state index < -0.39 is 0 Å². The molecule has 0 aliphatic heterocycles. The van der Waals surface area contributed by atoms with Gasteiger partial charge in [0.2, 0.25) is 0 Å². The number of nitrogens with two attached hydrogens (primary N) is 1. The summed E-state index contributed by atoms with van der Waals surface area (Å²) >= 11 is 1.65. The van der Waals surface area contributed by atoms with E-state index in [2.05, 4.69) is 30.1 Å². The van der Waals surface area contributed by atoms with Crippen molar-refractivity contribution in [2.45, 2.75) is 26.5 Å². The van der Waals surface area contributed by atoms with Crippen molar-refractivity contribution >= 4 is 11.3 Å². The summed E-state index contributed by atoms with van der Waals surface area (Å²) in [5.41, 5.74) is 9.31. The molecule has 0 spiro atoms. The molecule has 3 nitrogen and oxygen atoms in total. The zero-order valence-electron chi connectivity index (χ0n) is 10.9. The lowest BCUT2D eigenvalue weighted by atomic mass is 10.1. The second-order valence-electron chi connectivity index (χ2n) is 4.42. The van der Waals surface area contributed by atoms with Crippen LogP contribution in [0.25, 0.3) is 10.6 Å². The lowest BCUT2D eigenvalue weighted by molar-refractivity contribution is 0.181. The molecule has 1 heterocycles. The molecule has 4 heteroatoms. The first kappa shape index (κ1) is 13.2. The Morgan fingerprint density at radius 2 is 2.22 bits per heavy atom. The highest BCUT2D eigenvalue weighted by atomic mass is 32.1. The number of benzene rings is 1. The van der Waals surface area contributed by atoms with E-state index in [1.807, 2.05) is 13.0 Å². The molecule has 2 N–H and O–H groups in total. The molecule has 0 radical (unpaired) electrons. The van der Waals surface area contributed by atoms with E-state index in [0.717, 1.165) is 21.1 Å². The molecule has 0 aliphatic rings. The average molecular weight is 262 g/mol. The maximum atomic E-state index is 5.98.